The third-order valence-corrected chi connectivity index (χ3v) is 4.81. The third-order valence-electron chi connectivity index (χ3n) is 4.81. The molecule has 146 valence electrons. The molecule has 0 unspecified atom stereocenters. The van der Waals surface area contributed by atoms with E-state index in [2.05, 4.69) is 10.3 Å². The molecule has 0 saturated carbocycles. The maximum absolute atomic E-state index is 12.1. The second kappa shape index (κ2) is 8.52. The largest absolute Gasteiger partial charge is 0.497 e. The molecule has 0 bridgehead atoms. The van der Waals surface area contributed by atoms with Crippen LogP contribution >= 0.6 is 0 Å². The van der Waals surface area contributed by atoms with Crippen LogP contribution in [0.15, 0.2) is 79.0 Å². The van der Waals surface area contributed by atoms with Gasteiger partial charge in [0.05, 0.1) is 7.11 Å². The summed E-state index contributed by atoms with van der Waals surface area (Å²) in [4.78, 5) is 15.3. The first-order valence-electron chi connectivity index (χ1n) is 9.48. The topological polar surface area (TPSA) is 63.3 Å². The number of fused-ring (bicyclic) bond motifs is 1. The van der Waals surface area contributed by atoms with Gasteiger partial charge in [-0.3, -0.25) is 0 Å². The monoisotopic (exact) mass is 386 g/mol. The minimum atomic E-state index is -0.463. The summed E-state index contributed by atoms with van der Waals surface area (Å²) in [6, 6.07) is 23.4. The highest BCUT2D eigenvalue weighted by Crippen LogP contribution is 2.24. The van der Waals surface area contributed by atoms with Gasteiger partial charge in [0.1, 0.15) is 11.5 Å². The first-order valence-corrected chi connectivity index (χ1v) is 9.48. The molecule has 0 radical (unpaired) electrons. The molecule has 0 fully saturated rings. The van der Waals surface area contributed by atoms with Crippen LogP contribution in [-0.2, 0) is 6.42 Å². The van der Waals surface area contributed by atoms with Crippen LogP contribution in [0.2, 0.25) is 0 Å². The summed E-state index contributed by atoms with van der Waals surface area (Å²) in [5, 5.41) is 3.90. The number of ether oxygens (including phenoxy) is 2. The van der Waals surface area contributed by atoms with Crippen LogP contribution in [0.3, 0.4) is 0 Å². The molecule has 5 nitrogen and oxygen atoms in total. The van der Waals surface area contributed by atoms with E-state index in [0.717, 1.165) is 33.3 Å². The van der Waals surface area contributed by atoms with Crippen molar-refractivity contribution >= 4 is 17.0 Å². The zero-order valence-electron chi connectivity index (χ0n) is 16.1. The summed E-state index contributed by atoms with van der Waals surface area (Å²) in [6.07, 6.45) is 2.18. The molecular weight excluding hydrogens is 364 g/mol. The summed E-state index contributed by atoms with van der Waals surface area (Å²) < 4.78 is 10.7. The molecule has 0 atom stereocenters. The van der Waals surface area contributed by atoms with Crippen molar-refractivity contribution in [1.29, 1.82) is 0 Å². The maximum atomic E-state index is 12.1. The zero-order valence-corrected chi connectivity index (χ0v) is 16.1. The van der Waals surface area contributed by atoms with Crippen LogP contribution in [-0.4, -0.2) is 24.7 Å². The maximum Gasteiger partial charge on any atom is 0.412 e. The van der Waals surface area contributed by atoms with Gasteiger partial charge in [0.25, 0.3) is 0 Å². The van der Waals surface area contributed by atoms with E-state index in [1.807, 2.05) is 66.9 Å². The van der Waals surface area contributed by atoms with Crippen molar-refractivity contribution in [2.24, 2.45) is 0 Å². The minimum Gasteiger partial charge on any atom is -0.497 e. The Balaban J connectivity index is 1.31. The SMILES string of the molecule is COc1ccc2[nH]cc(CCNC(=O)Oc3ccc(-c4ccccc4)cc3)c2c1. The molecule has 4 rings (SSSR count). The van der Waals surface area contributed by atoms with Crippen LogP contribution < -0.4 is 14.8 Å². The molecule has 3 aromatic carbocycles. The van der Waals surface area contributed by atoms with Crippen LogP contribution in [0, 0.1) is 0 Å². The third kappa shape index (κ3) is 4.41. The number of methoxy groups -OCH3 is 1. The van der Waals surface area contributed by atoms with E-state index < -0.39 is 6.09 Å². The van der Waals surface area contributed by atoms with Crippen molar-refractivity contribution in [3.63, 3.8) is 0 Å². The highest BCUT2D eigenvalue weighted by molar-refractivity contribution is 5.84. The van der Waals surface area contributed by atoms with Gasteiger partial charge in [-0.15, -0.1) is 0 Å². The number of amides is 1. The molecular formula is C24H22N2O3. The van der Waals surface area contributed by atoms with Gasteiger partial charge < -0.3 is 19.8 Å². The summed E-state index contributed by atoms with van der Waals surface area (Å²) in [6.45, 7) is 0.477. The molecule has 1 aromatic heterocycles. The number of hydrogen-bond donors (Lipinski definition) is 2. The van der Waals surface area contributed by atoms with Gasteiger partial charge in [-0.25, -0.2) is 4.79 Å². The van der Waals surface area contributed by atoms with Gasteiger partial charge in [-0.05, 0) is 53.4 Å². The summed E-state index contributed by atoms with van der Waals surface area (Å²) >= 11 is 0. The first kappa shape index (κ1) is 18.6. The number of benzene rings is 3. The Morgan fingerprint density at radius 3 is 2.41 bits per heavy atom. The van der Waals surface area contributed by atoms with E-state index >= 15 is 0 Å². The molecule has 0 aliphatic rings. The van der Waals surface area contributed by atoms with Gasteiger partial charge >= 0.3 is 6.09 Å². The van der Waals surface area contributed by atoms with Crippen LogP contribution in [0.5, 0.6) is 11.5 Å². The minimum absolute atomic E-state index is 0.463. The lowest BCUT2D eigenvalue weighted by Gasteiger charge is -2.08. The number of rotatable bonds is 6. The molecule has 0 aliphatic heterocycles. The van der Waals surface area contributed by atoms with E-state index in [-0.39, 0.29) is 0 Å². The van der Waals surface area contributed by atoms with Crippen molar-refractivity contribution in [2.75, 3.05) is 13.7 Å². The van der Waals surface area contributed by atoms with Crippen molar-refractivity contribution in [3.05, 3.63) is 84.6 Å². The number of carbonyl (C=O) groups is 1. The smallest absolute Gasteiger partial charge is 0.412 e. The van der Waals surface area contributed by atoms with Crippen molar-refractivity contribution in [3.8, 4) is 22.6 Å². The average Bonchev–Trinajstić information content (AvgIpc) is 3.17. The molecule has 29 heavy (non-hydrogen) atoms. The van der Waals surface area contributed by atoms with E-state index in [1.165, 1.54) is 0 Å². The predicted molar refractivity (Wildman–Crippen MR) is 114 cm³/mol. The quantitative estimate of drug-likeness (QED) is 0.480. The Labute approximate surface area is 169 Å². The van der Waals surface area contributed by atoms with Gasteiger partial charge in [-0.2, -0.15) is 0 Å². The molecule has 4 aromatic rings. The number of H-pyrrole nitrogens is 1. The van der Waals surface area contributed by atoms with Gasteiger partial charge in [0.2, 0.25) is 0 Å². The Bertz CT molecular complexity index is 1100. The average molecular weight is 386 g/mol. The van der Waals surface area contributed by atoms with Crippen molar-refractivity contribution in [2.45, 2.75) is 6.42 Å². The highest BCUT2D eigenvalue weighted by atomic mass is 16.6. The van der Waals surface area contributed by atoms with Crippen LogP contribution in [0.4, 0.5) is 4.79 Å². The van der Waals surface area contributed by atoms with E-state index in [1.54, 1.807) is 19.2 Å². The normalized spacial score (nSPS) is 10.7. The predicted octanol–water partition coefficient (Wildman–Crippen LogP) is 5.17. The fourth-order valence-corrected chi connectivity index (χ4v) is 3.28. The first-order chi connectivity index (χ1) is 14.2. The Kier molecular flexibility index (Phi) is 5.47. The number of aromatic amines is 1. The molecule has 0 spiro atoms. The van der Waals surface area contributed by atoms with Crippen LogP contribution in [0.25, 0.3) is 22.0 Å². The number of carbonyl (C=O) groups excluding carboxylic acids is 1. The summed E-state index contributed by atoms with van der Waals surface area (Å²) in [7, 11) is 1.65. The fraction of sp³-hybridized carbons (Fsp3) is 0.125. The molecule has 0 aliphatic carbocycles. The van der Waals surface area contributed by atoms with Crippen molar-refractivity contribution < 1.29 is 14.3 Å². The molecule has 1 amide bonds. The lowest BCUT2D eigenvalue weighted by Crippen LogP contribution is -2.28. The van der Waals surface area contributed by atoms with E-state index in [9.17, 15) is 4.79 Å². The standard InChI is InChI=1S/C24H22N2O3/c1-28-21-11-12-23-22(15-21)19(16-26-23)13-14-25-24(27)29-20-9-7-18(8-10-20)17-5-3-2-4-6-17/h2-12,15-16,26H,13-14H2,1H3,(H,25,27). The molecule has 2 N–H and O–H groups in total. The van der Waals surface area contributed by atoms with Gasteiger partial charge in [0.15, 0.2) is 0 Å². The van der Waals surface area contributed by atoms with Gasteiger partial charge in [-0.1, -0.05) is 42.5 Å². The second-order valence-electron chi connectivity index (χ2n) is 6.68. The molecule has 0 saturated heterocycles. The molecule has 5 heteroatoms. The van der Waals surface area contributed by atoms with E-state index in [0.29, 0.717) is 18.7 Å². The lowest BCUT2D eigenvalue weighted by molar-refractivity contribution is 0.200. The lowest BCUT2D eigenvalue weighted by atomic mass is 10.1. The Morgan fingerprint density at radius 2 is 1.66 bits per heavy atom. The fourth-order valence-electron chi connectivity index (χ4n) is 3.28. The second-order valence-corrected chi connectivity index (χ2v) is 6.68. The zero-order chi connectivity index (χ0) is 20.1. The highest BCUT2D eigenvalue weighted by Gasteiger charge is 2.08. The number of nitrogens with one attached hydrogen (secondary N) is 2. The van der Waals surface area contributed by atoms with E-state index in [4.69, 9.17) is 9.47 Å². The number of aromatic nitrogens is 1. The number of hydrogen-bond acceptors (Lipinski definition) is 3. The Hall–Kier alpha value is -3.73. The van der Waals surface area contributed by atoms with Gasteiger partial charge in [0, 0.05) is 23.6 Å². The summed E-state index contributed by atoms with van der Waals surface area (Å²) in [5.41, 5.74) is 4.36. The Morgan fingerprint density at radius 1 is 0.931 bits per heavy atom. The molecule has 1 heterocycles. The van der Waals surface area contributed by atoms with Crippen LogP contribution in [0.1, 0.15) is 5.56 Å². The summed E-state index contributed by atoms with van der Waals surface area (Å²) in [5.74, 6) is 1.32. The van der Waals surface area contributed by atoms with Crippen molar-refractivity contribution in [1.82, 2.24) is 10.3 Å².